The van der Waals surface area contributed by atoms with Gasteiger partial charge in [-0.3, -0.25) is 9.59 Å². The lowest BCUT2D eigenvalue weighted by molar-refractivity contribution is -0.123. The number of ether oxygens (including phenoxy) is 1. The Morgan fingerprint density at radius 2 is 1.80 bits per heavy atom. The van der Waals surface area contributed by atoms with Gasteiger partial charge in [0.05, 0.1) is 10.9 Å². The molecule has 0 spiro atoms. The van der Waals surface area contributed by atoms with Gasteiger partial charge in [-0.05, 0) is 64.0 Å². The van der Waals surface area contributed by atoms with Gasteiger partial charge in [-0.15, -0.1) is 0 Å². The van der Waals surface area contributed by atoms with Crippen molar-refractivity contribution >= 4 is 61.5 Å². The third kappa shape index (κ3) is 6.30. The summed E-state index contributed by atoms with van der Waals surface area (Å²) in [7, 11) is 0. The van der Waals surface area contributed by atoms with Crippen molar-refractivity contribution in [2.24, 2.45) is 5.10 Å². The van der Waals surface area contributed by atoms with Crippen LogP contribution in [0.5, 0.6) is 5.75 Å². The summed E-state index contributed by atoms with van der Waals surface area (Å²) in [5.74, 6) is -0.168. The lowest BCUT2D eigenvalue weighted by Gasteiger charge is -2.08. The van der Waals surface area contributed by atoms with E-state index in [9.17, 15) is 9.59 Å². The summed E-state index contributed by atoms with van der Waals surface area (Å²) >= 11 is 9.18. The van der Waals surface area contributed by atoms with Crippen LogP contribution in [0.25, 0.3) is 10.8 Å². The van der Waals surface area contributed by atoms with Gasteiger partial charge in [-0.1, -0.05) is 41.9 Å². The van der Waals surface area contributed by atoms with Crippen LogP contribution < -0.4 is 15.5 Å². The molecule has 8 heteroatoms. The van der Waals surface area contributed by atoms with Crippen LogP contribution in [0.2, 0.25) is 5.02 Å². The van der Waals surface area contributed by atoms with Crippen molar-refractivity contribution in [3.05, 3.63) is 70.2 Å². The number of nitrogens with zero attached hydrogens (tertiary/aromatic N) is 1. The van der Waals surface area contributed by atoms with E-state index >= 15 is 0 Å². The first kappa shape index (κ1) is 21.8. The van der Waals surface area contributed by atoms with Gasteiger partial charge < -0.3 is 10.1 Å². The topological polar surface area (TPSA) is 79.8 Å². The van der Waals surface area contributed by atoms with Crippen LogP contribution in [0.15, 0.2) is 70.2 Å². The molecule has 0 aliphatic carbocycles. The van der Waals surface area contributed by atoms with Crippen molar-refractivity contribution in [3.63, 3.8) is 0 Å². The minimum absolute atomic E-state index is 0.0523. The van der Waals surface area contributed by atoms with Crippen molar-refractivity contribution < 1.29 is 14.3 Å². The molecule has 0 aliphatic rings. The second-order valence-corrected chi connectivity index (χ2v) is 7.82. The molecule has 3 rings (SSSR count). The standard InChI is InChI=1S/C22H19BrClN3O3/c1-14(26-27-22(29)13-30-20-9-7-17(24)12-19(20)23)10-21(28)25-18-8-6-15-4-2-3-5-16(15)11-18/h2-9,11-12H,10,13H2,1H3,(H,25,28)(H,27,29). The zero-order chi connectivity index (χ0) is 21.5. The van der Waals surface area contributed by atoms with Crippen molar-refractivity contribution in [1.82, 2.24) is 5.43 Å². The van der Waals surface area contributed by atoms with Crippen LogP contribution in [0.3, 0.4) is 0 Å². The van der Waals surface area contributed by atoms with Crippen molar-refractivity contribution in [2.45, 2.75) is 13.3 Å². The molecule has 6 nitrogen and oxygen atoms in total. The number of rotatable bonds is 7. The van der Waals surface area contributed by atoms with Crippen LogP contribution in [-0.4, -0.2) is 24.1 Å². The highest BCUT2D eigenvalue weighted by molar-refractivity contribution is 9.10. The van der Waals surface area contributed by atoms with E-state index in [1.807, 2.05) is 42.5 Å². The zero-order valence-corrected chi connectivity index (χ0v) is 18.5. The first-order valence-corrected chi connectivity index (χ1v) is 10.3. The molecule has 0 heterocycles. The van der Waals surface area contributed by atoms with E-state index in [-0.39, 0.29) is 18.9 Å². The van der Waals surface area contributed by atoms with E-state index < -0.39 is 5.91 Å². The maximum atomic E-state index is 12.2. The molecule has 0 bridgehead atoms. The van der Waals surface area contributed by atoms with Crippen LogP contribution in [0.4, 0.5) is 5.69 Å². The predicted molar refractivity (Wildman–Crippen MR) is 123 cm³/mol. The van der Waals surface area contributed by atoms with Crippen LogP contribution in [0.1, 0.15) is 13.3 Å². The molecule has 0 saturated heterocycles. The van der Waals surface area contributed by atoms with Crippen LogP contribution in [-0.2, 0) is 9.59 Å². The van der Waals surface area contributed by atoms with Crippen LogP contribution in [0, 0.1) is 0 Å². The second-order valence-electron chi connectivity index (χ2n) is 6.53. The molecule has 0 saturated carbocycles. The molecule has 0 aliphatic heterocycles. The summed E-state index contributed by atoms with van der Waals surface area (Å²) in [6, 6.07) is 18.6. The molecule has 2 amide bonds. The number of hydrogen-bond donors (Lipinski definition) is 2. The number of benzene rings is 3. The van der Waals surface area contributed by atoms with Gasteiger partial charge >= 0.3 is 0 Å². The first-order valence-electron chi connectivity index (χ1n) is 9.09. The van der Waals surface area contributed by atoms with E-state index in [0.29, 0.717) is 26.6 Å². The number of carbonyl (C=O) groups excluding carboxylic acids is 2. The summed E-state index contributed by atoms with van der Waals surface area (Å²) in [6.07, 6.45) is 0.0523. The number of carbonyl (C=O) groups is 2. The second kappa shape index (κ2) is 10.2. The van der Waals surface area contributed by atoms with Gasteiger partial charge in [0.25, 0.3) is 5.91 Å². The van der Waals surface area contributed by atoms with Gasteiger partial charge in [-0.2, -0.15) is 5.10 Å². The summed E-state index contributed by atoms with van der Waals surface area (Å²) < 4.78 is 6.06. The lowest BCUT2D eigenvalue weighted by atomic mass is 10.1. The van der Waals surface area contributed by atoms with Crippen LogP contribution >= 0.6 is 27.5 Å². The van der Waals surface area contributed by atoms with Gasteiger partial charge in [0.2, 0.25) is 5.91 Å². The van der Waals surface area contributed by atoms with E-state index in [1.54, 1.807) is 25.1 Å². The molecule has 0 aromatic heterocycles. The Morgan fingerprint density at radius 1 is 1.03 bits per heavy atom. The molecule has 3 aromatic rings. The van der Waals surface area contributed by atoms with E-state index in [4.69, 9.17) is 16.3 Å². The van der Waals surface area contributed by atoms with E-state index in [2.05, 4.69) is 31.8 Å². The molecule has 2 N–H and O–H groups in total. The third-order valence-electron chi connectivity index (χ3n) is 4.07. The molecule has 0 fully saturated rings. The number of amides is 2. The fourth-order valence-corrected chi connectivity index (χ4v) is 3.47. The Labute approximate surface area is 187 Å². The van der Waals surface area contributed by atoms with E-state index in [1.165, 1.54) is 0 Å². The maximum Gasteiger partial charge on any atom is 0.277 e. The Morgan fingerprint density at radius 3 is 2.57 bits per heavy atom. The number of nitrogens with one attached hydrogen (secondary N) is 2. The molecular weight excluding hydrogens is 470 g/mol. The molecule has 0 radical (unpaired) electrons. The van der Waals surface area contributed by atoms with Crippen molar-refractivity contribution in [1.29, 1.82) is 0 Å². The average Bonchev–Trinajstić information content (AvgIpc) is 2.71. The molecule has 154 valence electrons. The predicted octanol–water partition coefficient (Wildman–Crippen LogP) is 5.16. The monoisotopic (exact) mass is 487 g/mol. The third-order valence-corrected chi connectivity index (χ3v) is 4.93. The summed E-state index contributed by atoms with van der Waals surface area (Å²) in [4.78, 5) is 24.1. The van der Waals surface area contributed by atoms with Gasteiger partial charge in [-0.25, -0.2) is 5.43 Å². The highest BCUT2D eigenvalue weighted by Gasteiger charge is 2.08. The van der Waals surface area contributed by atoms with Crippen molar-refractivity contribution in [2.75, 3.05) is 11.9 Å². The number of halogens is 2. The van der Waals surface area contributed by atoms with Gasteiger partial charge in [0.15, 0.2) is 6.61 Å². The SMILES string of the molecule is CC(CC(=O)Nc1ccc2ccccc2c1)=NNC(=O)COc1ccc(Cl)cc1Br. The van der Waals surface area contributed by atoms with E-state index in [0.717, 1.165) is 10.8 Å². The van der Waals surface area contributed by atoms with Crippen molar-refractivity contribution in [3.8, 4) is 5.75 Å². The summed E-state index contributed by atoms with van der Waals surface area (Å²) in [6.45, 7) is 1.44. The average molecular weight is 489 g/mol. The lowest BCUT2D eigenvalue weighted by Crippen LogP contribution is -2.26. The normalized spacial score (nSPS) is 11.2. The summed E-state index contributed by atoms with van der Waals surface area (Å²) in [5.41, 5.74) is 3.55. The molecule has 3 aromatic carbocycles. The fourth-order valence-electron chi connectivity index (χ4n) is 2.67. The fraction of sp³-hybridized carbons (Fsp3) is 0.136. The Hall–Kier alpha value is -2.90. The highest BCUT2D eigenvalue weighted by atomic mass is 79.9. The minimum atomic E-state index is -0.439. The summed E-state index contributed by atoms with van der Waals surface area (Å²) in [5, 5.41) is 9.48. The molecule has 0 unspecified atom stereocenters. The minimum Gasteiger partial charge on any atom is -0.483 e. The maximum absolute atomic E-state index is 12.2. The molecule has 30 heavy (non-hydrogen) atoms. The number of fused-ring (bicyclic) bond motifs is 1. The highest BCUT2D eigenvalue weighted by Crippen LogP contribution is 2.27. The molecular formula is C22H19BrClN3O3. The number of hydrazone groups is 1. The Kier molecular flexibility index (Phi) is 7.43. The quantitative estimate of drug-likeness (QED) is 0.356. The zero-order valence-electron chi connectivity index (χ0n) is 16.1. The largest absolute Gasteiger partial charge is 0.483 e. The number of anilines is 1. The van der Waals surface area contributed by atoms with Gasteiger partial charge in [0, 0.05) is 16.4 Å². The molecule has 0 atom stereocenters. The number of hydrogen-bond acceptors (Lipinski definition) is 4. The van der Waals surface area contributed by atoms with Gasteiger partial charge in [0.1, 0.15) is 5.75 Å². The first-order chi connectivity index (χ1) is 14.4. The Balaban J connectivity index is 1.47. The smallest absolute Gasteiger partial charge is 0.277 e. The Bertz CT molecular complexity index is 1120.